The zero-order valence-electron chi connectivity index (χ0n) is 7.16. The van der Waals surface area contributed by atoms with Crippen LogP contribution >= 0.6 is 0 Å². The van der Waals surface area contributed by atoms with Crippen LogP contribution in [0.1, 0.15) is 0 Å². The minimum atomic E-state index is 0.428. The summed E-state index contributed by atoms with van der Waals surface area (Å²) in [6, 6.07) is 5.45. The normalized spacial score (nSPS) is 15.2. The predicted octanol–water partition coefficient (Wildman–Crippen LogP) is -1.40. The second-order valence-corrected chi connectivity index (χ2v) is 2.99. The molecule has 0 spiro atoms. The molecule has 0 unspecified atom stereocenters. The highest BCUT2D eigenvalue weighted by molar-refractivity contribution is 5.40. The van der Waals surface area contributed by atoms with Gasteiger partial charge in [-0.15, -0.1) is 0 Å². The molecule has 0 atom stereocenters. The summed E-state index contributed by atoms with van der Waals surface area (Å²) in [4.78, 5) is 0. The van der Waals surface area contributed by atoms with Gasteiger partial charge in [-0.3, -0.25) is 0 Å². The Balaban J connectivity index is 2.89. The molecule has 13 heavy (non-hydrogen) atoms. The lowest BCUT2D eigenvalue weighted by atomic mass is 10.2. The molecule has 1 aliphatic heterocycles. The third-order valence-corrected chi connectivity index (χ3v) is 2.06. The predicted molar refractivity (Wildman–Crippen MR) is 52.0 cm³/mol. The van der Waals surface area contributed by atoms with Crippen molar-refractivity contribution in [1.29, 1.82) is 0 Å². The molecule has 0 bridgehead atoms. The fourth-order valence-electron chi connectivity index (χ4n) is 1.44. The Hall–Kier alpha value is -1.71. The first-order chi connectivity index (χ1) is 6.29. The number of nitrogen functional groups attached to an aromatic ring is 1. The van der Waals surface area contributed by atoms with Crippen LogP contribution in [0, 0.1) is 5.21 Å². The number of hydroxylamine groups is 1. The van der Waals surface area contributed by atoms with Gasteiger partial charge >= 0.3 is 0 Å². The maximum absolute atomic E-state index is 11.5. The fourth-order valence-corrected chi connectivity index (χ4v) is 1.44. The maximum Gasteiger partial charge on any atom is 0.242 e. The van der Waals surface area contributed by atoms with Gasteiger partial charge in [0, 0.05) is 6.20 Å². The van der Waals surface area contributed by atoms with E-state index >= 15 is 0 Å². The van der Waals surface area contributed by atoms with Crippen molar-refractivity contribution in [3.8, 4) is 0 Å². The number of anilines is 1. The number of hydrogen-bond acceptors (Lipinski definition) is 3. The zero-order chi connectivity index (χ0) is 9.26. The van der Waals surface area contributed by atoms with E-state index in [0.717, 1.165) is 9.96 Å². The topological polar surface area (TPSA) is 64.1 Å². The number of nitrogens with two attached hydrogens (primary N) is 1. The Morgan fingerprint density at radius 1 is 1.46 bits per heavy atom. The summed E-state index contributed by atoms with van der Waals surface area (Å²) in [5.41, 5.74) is 6.25. The van der Waals surface area contributed by atoms with Crippen molar-refractivity contribution < 1.29 is 0 Å². The Labute approximate surface area is 75.6 Å². The number of nitrogens with one attached hydrogen (secondary N) is 1. The Kier molecular flexibility index (Phi) is 1.81. The van der Waals surface area contributed by atoms with Gasteiger partial charge in [0.15, 0.2) is 6.54 Å². The number of para-hydroxylation sites is 1. The van der Waals surface area contributed by atoms with E-state index in [9.17, 15) is 5.21 Å². The standard InChI is InChI=1S/C9H11N3O/c10-8-3-1-2-7-6-11-4-5-12(13)9(7)8/h1-3,6,11H,4-5,10H2. The Bertz CT molecular complexity index is 439. The summed E-state index contributed by atoms with van der Waals surface area (Å²) in [7, 11) is 0. The molecule has 3 N–H and O–H groups in total. The molecule has 1 aromatic rings. The molecular formula is C9H11N3O. The average molecular weight is 177 g/mol. The van der Waals surface area contributed by atoms with E-state index in [4.69, 9.17) is 5.73 Å². The highest BCUT2D eigenvalue weighted by atomic mass is 16.5. The molecule has 4 heteroatoms. The van der Waals surface area contributed by atoms with Gasteiger partial charge in [0.2, 0.25) is 5.36 Å². The third kappa shape index (κ3) is 1.30. The second-order valence-electron chi connectivity index (χ2n) is 2.99. The molecule has 0 fully saturated rings. The SMILES string of the molecule is Nc1cccc2c1=[N+]([O-])CCNC=2. The number of nitrogens with zero attached hydrogens (tertiary/aromatic N) is 1. The number of benzene rings is 1. The van der Waals surface area contributed by atoms with E-state index in [-0.39, 0.29) is 0 Å². The van der Waals surface area contributed by atoms with E-state index in [1.165, 1.54) is 0 Å². The molecule has 0 aromatic heterocycles. The van der Waals surface area contributed by atoms with Crippen LogP contribution in [-0.2, 0) is 0 Å². The van der Waals surface area contributed by atoms with Crippen LogP contribution in [0.2, 0.25) is 0 Å². The molecule has 0 aliphatic carbocycles. The number of rotatable bonds is 0. The molecule has 0 saturated heterocycles. The summed E-state index contributed by atoms with van der Waals surface area (Å²) in [5.74, 6) is 0. The Morgan fingerprint density at radius 3 is 3.15 bits per heavy atom. The molecular weight excluding hydrogens is 166 g/mol. The molecule has 0 saturated carbocycles. The van der Waals surface area contributed by atoms with Crippen LogP contribution in [0.3, 0.4) is 0 Å². The van der Waals surface area contributed by atoms with Crippen molar-refractivity contribution in [2.45, 2.75) is 0 Å². The molecule has 0 amide bonds. The van der Waals surface area contributed by atoms with Crippen LogP contribution in [0.15, 0.2) is 18.2 Å². The molecule has 1 heterocycles. The van der Waals surface area contributed by atoms with Gasteiger partial charge in [0.05, 0.1) is 11.8 Å². The van der Waals surface area contributed by atoms with Crippen molar-refractivity contribution >= 4 is 11.9 Å². The summed E-state index contributed by atoms with van der Waals surface area (Å²) in [5, 5.41) is 16.0. The van der Waals surface area contributed by atoms with Gasteiger partial charge in [-0.05, 0) is 12.1 Å². The quantitative estimate of drug-likeness (QED) is 0.291. The average Bonchev–Trinajstić information content (AvgIpc) is 2.29. The van der Waals surface area contributed by atoms with Crippen molar-refractivity contribution in [3.05, 3.63) is 34.0 Å². The van der Waals surface area contributed by atoms with Gasteiger partial charge in [-0.1, -0.05) is 6.07 Å². The highest BCUT2D eigenvalue weighted by Crippen LogP contribution is 1.87. The number of hydrogen-bond donors (Lipinski definition) is 2. The lowest BCUT2D eigenvalue weighted by Crippen LogP contribution is -2.38. The van der Waals surface area contributed by atoms with Crippen molar-refractivity contribution in [2.75, 3.05) is 18.8 Å². The van der Waals surface area contributed by atoms with Crippen LogP contribution in [0.25, 0.3) is 6.20 Å². The van der Waals surface area contributed by atoms with E-state index in [0.29, 0.717) is 24.1 Å². The third-order valence-electron chi connectivity index (χ3n) is 2.06. The molecule has 0 radical (unpaired) electrons. The van der Waals surface area contributed by atoms with Crippen molar-refractivity contribution in [3.63, 3.8) is 0 Å². The summed E-state index contributed by atoms with van der Waals surface area (Å²) < 4.78 is 0.932. The van der Waals surface area contributed by atoms with E-state index in [2.05, 4.69) is 5.32 Å². The molecule has 1 aliphatic rings. The lowest BCUT2D eigenvalue weighted by molar-refractivity contribution is 0.702. The first-order valence-corrected chi connectivity index (χ1v) is 4.19. The van der Waals surface area contributed by atoms with E-state index < -0.39 is 0 Å². The van der Waals surface area contributed by atoms with Gasteiger partial charge in [-0.2, -0.15) is 0 Å². The minimum Gasteiger partial charge on any atom is -0.623 e. The number of fused-ring (bicyclic) bond motifs is 1. The van der Waals surface area contributed by atoms with Gasteiger partial charge in [0.1, 0.15) is 5.69 Å². The summed E-state index contributed by atoms with van der Waals surface area (Å²) in [6.45, 7) is 1.08. The second kappa shape index (κ2) is 2.97. The first-order valence-electron chi connectivity index (χ1n) is 4.19. The molecule has 68 valence electrons. The van der Waals surface area contributed by atoms with Crippen LogP contribution in [0.4, 0.5) is 5.69 Å². The van der Waals surface area contributed by atoms with Crippen molar-refractivity contribution in [2.24, 2.45) is 0 Å². The fraction of sp³-hybridized carbons (Fsp3) is 0.222. The van der Waals surface area contributed by atoms with Gasteiger partial charge in [0.25, 0.3) is 0 Å². The monoisotopic (exact) mass is 177 g/mol. The first kappa shape index (κ1) is 7.91. The molecule has 2 rings (SSSR count). The lowest BCUT2D eigenvalue weighted by Gasteiger charge is -2.01. The van der Waals surface area contributed by atoms with Crippen LogP contribution < -0.4 is 26.4 Å². The van der Waals surface area contributed by atoms with Crippen molar-refractivity contribution in [1.82, 2.24) is 10.1 Å². The Morgan fingerprint density at radius 2 is 2.31 bits per heavy atom. The largest absolute Gasteiger partial charge is 0.623 e. The van der Waals surface area contributed by atoms with Gasteiger partial charge < -0.3 is 16.3 Å². The summed E-state index contributed by atoms with van der Waals surface area (Å²) in [6.07, 6.45) is 1.82. The van der Waals surface area contributed by atoms with E-state index in [1.54, 1.807) is 6.07 Å². The molecule has 1 aromatic carbocycles. The highest BCUT2D eigenvalue weighted by Gasteiger charge is 2.05. The molecule has 4 nitrogen and oxygen atoms in total. The maximum atomic E-state index is 11.5. The van der Waals surface area contributed by atoms with Gasteiger partial charge in [-0.25, -0.2) is 4.74 Å². The minimum absolute atomic E-state index is 0.428. The van der Waals surface area contributed by atoms with E-state index in [1.807, 2.05) is 18.3 Å². The van der Waals surface area contributed by atoms with Crippen LogP contribution in [0.5, 0.6) is 0 Å². The summed E-state index contributed by atoms with van der Waals surface area (Å²) >= 11 is 0. The smallest absolute Gasteiger partial charge is 0.242 e. The van der Waals surface area contributed by atoms with Crippen LogP contribution in [-0.4, -0.2) is 13.1 Å². The zero-order valence-corrected chi connectivity index (χ0v) is 7.16.